The molecule has 6 heteroatoms. The van der Waals surface area contributed by atoms with Gasteiger partial charge in [0.25, 0.3) is 0 Å². The van der Waals surface area contributed by atoms with E-state index in [0.29, 0.717) is 17.5 Å². The number of aromatic nitrogens is 4. The molecule has 3 rings (SSSR count). The predicted octanol–water partition coefficient (Wildman–Crippen LogP) is 2.90. The van der Waals surface area contributed by atoms with Crippen LogP contribution in [0.2, 0.25) is 5.15 Å². The molecule has 0 atom stereocenters. The van der Waals surface area contributed by atoms with Gasteiger partial charge in [0.1, 0.15) is 15.8 Å². The molecule has 0 aliphatic heterocycles. The van der Waals surface area contributed by atoms with Crippen LogP contribution in [-0.2, 0) is 6.54 Å². The number of hydrogen-bond donors (Lipinski definition) is 0. The van der Waals surface area contributed by atoms with E-state index in [1.807, 2.05) is 29.1 Å². The summed E-state index contributed by atoms with van der Waals surface area (Å²) >= 11 is 7.69. The van der Waals surface area contributed by atoms with E-state index in [0.717, 1.165) is 16.0 Å². The van der Waals surface area contributed by atoms with Crippen molar-refractivity contribution in [2.45, 2.75) is 13.5 Å². The van der Waals surface area contributed by atoms with Crippen molar-refractivity contribution < 1.29 is 0 Å². The Morgan fingerprint density at radius 1 is 1.41 bits per heavy atom. The number of halogens is 1. The van der Waals surface area contributed by atoms with Gasteiger partial charge in [-0.1, -0.05) is 11.6 Å². The van der Waals surface area contributed by atoms with Crippen LogP contribution in [0.1, 0.15) is 11.6 Å². The van der Waals surface area contributed by atoms with Crippen LogP contribution < -0.4 is 0 Å². The fourth-order valence-electron chi connectivity index (χ4n) is 1.65. The minimum absolute atomic E-state index is 0.518. The average molecular weight is 265 g/mol. The number of nitrogens with zero attached hydrogens (tertiary/aromatic N) is 4. The summed E-state index contributed by atoms with van der Waals surface area (Å²) in [4.78, 5) is 13.9. The summed E-state index contributed by atoms with van der Waals surface area (Å²) in [5.74, 6) is 1.65. The monoisotopic (exact) mass is 264 g/mol. The lowest BCUT2D eigenvalue weighted by molar-refractivity contribution is 0.722. The first-order valence-corrected chi connectivity index (χ1v) is 6.37. The highest BCUT2D eigenvalue weighted by Crippen LogP contribution is 2.24. The summed E-state index contributed by atoms with van der Waals surface area (Å²) in [6, 6.07) is 1.94. The van der Waals surface area contributed by atoms with Crippen LogP contribution in [0, 0.1) is 6.92 Å². The van der Waals surface area contributed by atoms with Gasteiger partial charge in [0.15, 0.2) is 5.82 Å². The van der Waals surface area contributed by atoms with Crippen molar-refractivity contribution in [2.75, 3.05) is 0 Å². The van der Waals surface area contributed by atoms with Crippen molar-refractivity contribution in [3.05, 3.63) is 40.6 Å². The lowest BCUT2D eigenvalue weighted by Gasteiger charge is -2.04. The highest BCUT2D eigenvalue weighted by Gasteiger charge is 2.08. The zero-order chi connectivity index (χ0) is 11.8. The molecular weight excluding hydrogens is 256 g/mol. The maximum atomic E-state index is 6.11. The summed E-state index contributed by atoms with van der Waals surface area (Å²) in [6.07, 6.45) is 3.67. The fraction of sp³-hybridized carbons (Fsp3) is 0.182. The smallest absolute Gasteiger partial charge is 0.151 e. The molecule has 0 N–H and O–H groups in total. The van der Waals surface area contributed by atoms with Crippen molar-refractivity contribution in [3.63, 3.8) is 0 Å². The second kappa shape index (κ2) is 4.09. The van der Waals surface area contributed by atoms with Crippen LogP contribution in [-0.4, -0.2) is 19.5 Å². The molecule has 0 fully saturated rings. The molecule has 4 nitrogen and oxygen atoms in total. The van der Waals surface area contributed by atoms with Crippen molar-refractivity contribution in [1.82, 2.24) is 19.5 Å². The topological polar surface area (TPSA) is 43.6 Å². The Morgan fingerprint density at radius 3 is 3.06 bits per heavy atom. The summed E-state index contributed by atoms with van der Waals surface area (Å²) in [7, 11) is 0. The number of rotatable bonds is 2. The standard InChI is InChI=1S/C11H9ClN4S/c1-7-13-3-4-16(7)6-9-14-10(12)8-2-5-17-11(8)15-9/h2-5H,6H2,1H3. The molecule has 3 aromatic heterocycles. The summed E-state index contributed by atoms with van der Waals surface area (Å²) in [5, 5.41) is 3.41. The molecule has 0 amide bonds. The van der Waals surface area contributed by atoms with Gasteiger partial charge in [-0.2, -0.15) is 0 Å². The van der Waals surface area contributed by atoms with Crippen LogP contribution in [0.4, 0.5) is 0 Å². The zero-order valence-corrected chi connectivity index (χ0v) is 10.7. The molecule has 0 aliphatic rings. The molecule has 0 bridgehead atoms. The van der Waals surface area contributed by atoms with Gasteiger partial charge >= 0.3 is 0 Å². The summed E-state index contributed by atoms with van der Waals surface area (Å²) in [5.41, 5.74) is 0. The minimum atomic E-state index is 0.518. The van der Waals surface area contributed by atoms with Gasteiger partial charge in [0.05, 0.1) is 6.54 Å². The molecule has 0 saturated carbocycles. The van der Waals surface area contributed by atoms with E-state index < -0.39 is 0 Å². The van der Waals surface area contributed by atoms with Crippen molar-refractivity contribution in [1.29, 1.82) is 0 Å². The SMILES string of the molecule is Cc1nccn1Cc1nc(Cl)c2ccsc2n1. The number of fused-ring (bicyclic) bond motifs is 1. The van der Waals surface area contributed by atoms with E-state index in [4.69, 9.17) is 11.6 Å². The molecule has 0 aliphatic carbocycles. The molecule has 3 heterocycles. The summed E-state index contributed by atoms with van der Waals surface area (Å²) in [6.45, 7) is 2.55. The van der Waals surface area contributed by atoms with Gasteiger partial charge in [0.2, 0.25) is 0 Å². The fourth-order valence-corrected chi connectivity index (χ4v) is 2.74. The van der Waals surface area contributed by atoms with Crippen LogP contribution in [0.15, 0.2) is 23.8 Å². The van der Waals surface area contributed by atoms with E-state index in [1.54, 1.807) is 17.5 Å². The second-order valence-corrected chi connectivity index (χ2v) is 4.93. The van der Waals surface area contributed by atoms with Crippen molar-refractivity contribution in [3.8, 4) is 0 Å². The van der Waals surface area contributed by atoms with E-state index in [-0.39, 0.29) is 0 Å². The number of aryl methyl sites for hydroxylation is 1. The molecule has 0 radical (unpaired) electrons. The molecule has 0 saturated heterocycles. The minimum Gasteiger partial charge on any atom is -0.328 e. The lowest BCUT2D eigenvalue weighted by Crippen LogP contribution is -2.05. The van der Waals surface area contributed by atoms with E-state index in [1.165, 1.54) is 0 Å². The molecule has 0 spiro atoms. The van der Waals surface area contributed by atoms with Crippen LogP contribution in [0.5, 0.6) is 0 Å². The van der Waals surface area contributed by atoms with Crippen molar-refractivity contribution >= 4 is 33.2 Å². The van der Waals surface area contributed by atoms with Crippen LogP contribution in [0.3, 0.4) is 0 Å². The zero-order valence-electron chi connectivity index (χ0n) is 9.09. The molecular formula is C11H9ClN4S. The molecule has 86 valence electrons. The van der Waals surface area contributed by atoms with E-state index in [2.05, 4.69) is 15.0 Å². The largest absolute Gasteiger partial charge is 0.328 e. The second-order valence-electron chi connectivity index (χ2n) is 3.67. The van der Waals surface area contributed by atoms with Gasteiger partial charge in [-0.15, -0.1) is 11.3 Å². The van der Waals surface area contributed by atoms with Crippen molar-refractivity contribution in [2.24, 2.45) is 0 Å². The maximum absolute atomic E-state index is 6.11. The first-order chi connectivity index (χ1) is 8.24. The highest BCUT2D eigenvalue weighted by atomic mass is 35.5. The van der Waals surface area contributed by atoms with Crippen LogP contribution >= 0.6 is 22.9 Å². The first-order valence-electron chi connectivity index (χ1n) is 5.11. The highest BCUT2D eigenvalue weighted by molar-refractivity contribution is 7.16. The Morgan fingerprint density at radius 2 is 2.29 bits per heavy atom. The normalized spacial score (nSPS) is 11.2. The Hall–Kier alpha value is -1.46. The summed E-state index contributed by atoms with van der Waals surface area (Å²) < 4.78 is 1.99. The third-order valence-electron chi connectivity index (χ3n) is 2.56. The Balaban J connectivity index is 2.03. The molecule has 0 unspecified atom stereocenters. The van der Waals surface area contributed by atoms with E-state index in [9.17, 15) is 0 Å². The number of hydrogen-bond acceptors (Lipinski definition) is 4. The molecule has 3 aromatic rings. The van der Waals surface area contributed by atoms with Gasteiger partial charge in [-0.05, 0) is 18.4 Å². The van der Waals surface area contributed by atoms with Gasteiger partial charge in [0, 0.05) is 17.8 Å². The Bertz CT molecular complexity index is 673. The maximum Gasteiger partial charge on any atom is 0.151 e. The van der Waals surface area contributed by atoms with E-state index >= 15 is 0 Å². The number of imidazole rings is 1. The Kier molecular flexibility index (Phi) is 2.57. The third kappa shape index (κ3) is 1.92. The quantitative estimate of drug-likeness (QED) is 0.669. The Labute approximate surface area is 107 Å². The first kappa shape index (κ1) is 10.7. The molecule has 17 heavy (non-hydrogen) atoms. The van der Waals surface area contributed by atoms with Crippen LogP contribution in [0.25, 0.3) is 10.2 Å². The lowest BCUT2D eigenvalue weighted by atomic mass is 10.4. The third-order valence-corrected chi connectivity index (χ3v) is 3.66. The molecule has 0 aromatic carbocycles. The average Bonchev–Trinajstić information content (AvgIpc) is 2.89. The van der Waals surface area contributed by atoms with Gasteiger partial charge < -0.3 is 4.57 Å². The predicted molar refractivity (Wildman–Crippen MR) is 68.5 cm³/mol. The van der Waals surface area contributed by atoms with Gasteiger partial charge in [-0.3, -0.25) is 0 Å². The number of thiophene rings is 1. The van der Waals surface area contributed by atoms with Gasteiger partial charge in [-0.25, -0.2) is 15.0 Å².